The van der Waals surface area contributed by atoms with Crippen molar-refractivity contribution in [3.8, 4) is 0 Å². The Morgan fingerprint density at radius 1 is 1.05 bits per heavy atom. The molecule has 0 aliphatic carbocycles. The molecule has 0 spiro atoms. The van der Waals surface area contributed by atoms with E-state index in [9.17, 15) is 8.78 Å². The fraction of sp³-hybridized carbons (Fsp3) is 0.250. The molecule has 2 rings (SSSR count). The first-order chi connectivity index (χ1) is 9.11. The van der Waals surface area contributed by atoms with E-state index in [0.717, 1.165) is 11.1 Å². The lowest BCUT2D eigenvalue weighted by atomic mass is 9.88. The van der Waals surface area contributed by atoms with E-state index in [4.69, 9.17) is 5.73 Å². The fourth-order valence-corrected chi connectivity index (χ4v) is 2.30. The van der Waals surface area contributed by atoms with Gasteiger partial charge in [0.05, 0.1) is 0 Å². The summed E-state index contributed by atoms with van der Waals surface area (Å²) in [5, 5.41) is 0. The van der Waals surface area contributed by atoms with Gasteiger partial charge in [0.2, 0.25) is 0 Å². The van der Waals surface area contributed by atoms with Gasteiger partial charge in [-0.1, -0.05) is 24.3 Å². The molecule has 0 heterocycles. The molecule has 0 saturated carbocycles. The largest absolute Gasteiger partial charge is 0.330 e. The standard InChI is InChI=1S/C16H17F2N/c1-11-9-13(5-6-16(11)18)15(7-8-19)12-3-2-4-14(17)10-12/h2-6,9-10,15H,7-8,19H2,1H3. The zero-order chi connectivity index (χ0) is 13.8. The van der Waals surface area contributed by atoms with Crippen LogP contribution in [0, 0.1) is 18.6 Å². The SMILES string of the molecule is Cc1cc(C(CCN)c2cccc(F)c2)ccc1F. The Bertz CT molecular complexity index is 566. The summed E-state index contributed by atoms with van der Waals surface area (Å²) in [5.41, 5.74) is 8.07. The average Bonchev–Trinajstić information content (AvgIpc) is 2.39. The number of aryl methyl sites for hydroxylation is 1. The van der Waals surface area contributed by atoms with Crippen molar-refractivity contribution in [3.05, 3.63) is 70.8 Å². The van der Waals surface area contributed by atoms with Gasteiger partial charge in [0.25, 0.3) is 0 Å². The number of benzene rings is 2. The Hall–Kier alpha value is -1.74. The van der Waals surface area contributed by atoms with Crippen LogP contribution in [-0.2, 0) is 0 Å². The van der Waals surface area contributed by atoms with Crippen molar-refractivity contribution in [2.45, 2.75) is 19.3 Å². The van der Waals surface area contributed by atoms with Gasteiger partial charge in [-0.3, -0.25) is 0 Å². The third kappa shape index (κ3) is 3.18. The number of halogens is 2. The maximum absolute atomic E-state index is 13.3. The second-order valence-corrected chi connectivity index (χ2v) is 4.69. The summed E-state index contributed by atoms with van der Waals surface area (Å²) in [6.07, 6.45) is 0.703. The van der Waals surface area contributed by atoms with Gasteiger partial charge in [-0.2, -0.15) is 0 Å². The van der Waals surface area contributed by atoms with Crippen LogP contribution in [-0.4, -0.2) is 6.54 Å². The highest BCUT2D eigenvalue weighted by molar-refractivity contribution is 5.35. The zero-order valence-corrected chi connectivity index (χ0v) is 10.9. The van der Waals surface area contributed by atoms with Crippen LogP contribution in [0.4, 0.5) is 8.78 Å². The highest BCUT2D eigenvalue weighted by Gasteiger charge is 2.15. The maximum atomic E-state index is 13.3. The van der Waals surface area contributed by atoms with Crippen LogP contribution in [0.5, 0.6) is 0 Å². The maximum Gasteiger partial charge on any atom is 0.126 e. The lowest BCUT2D eigenvalue weighted by Gasteiger charge is -2.18. The molecule has 19 heavy (non-hydrogen) atoms. The Balaban J connectivity index is 2.42. The molecule has 2 aromatic carbocycles. The number of hydrogen-bond acceptors (Lipinski definition) is 1. The van der Waals surface area contributed by atoms with E-state index in [-0.39, 0.29) is 17.6 Å². The van der Waals surface area contributed by atoms with Gasteiger partial charge in [0, 0.05) is 5.92 Å². The summed E-state index contributed by atoms with van der Waals surface area (Å²) in [5.74, 6) is -0.493. The molecule has 0 radical (unpaired) electrons. The molecular weight excluding hydrogens is 244 g/mol. The first-order valence-electron chi connectivity index (χ1n) is 6.33. The first-order valence-corrected chi connectivity index (χ1v) is 6.33. The van der Waals surface area contributed by atoms with Crippen LogP contribution in [0.15, 0.2) is 42.5 Å². The predicted octanol–water partition coefficient (Wildman–Crippen LogP) is 3.75. The van der Waals surface area contributed by atoms with Gasteiger partial charge in [0.15, 0.2) is 0 Å². The van der Waals surface area contributed by atoms with E-state index in [1.54, 1.807) is 25.1 Å². The van der Waals surface area contributed by atoms with Crippen LogP contribution in [0.1, 0.15) is 29.0 Å². The third-order valence-electron chi connectivity index (χ3n) is 3.29. The quantitative estimate of drug-likeness (QED) is 0.891. The van der Waals surface area contributed by atoms with E-state index in [2.05, 4.69) is 0 Å². The average molecular weight is 261 g/mol. The summed E-state index contributed by atoms with van der Waals surface area (Å²) in [4.78, 5) is 0. The van der Waals surface area contributed by atoms with E-state index in [0.29, 0.717) is 18.5 Å². The molecule has 3 heteroatoms. The topological polar surface area (TPSA) is 26.0 Å². The lowest BCUT2D eigenvalue weighted by molar-refractivity contribution is 0.612. The van der Waals surface area contributed by atoms with Gasteiger partial charge in [-0.05, 0) is 54.8 Å². The van der Waals surface area contributed by atoms with Crippen LogP contribution in [0.3, 0.4) is 0 Å². The monoisotopic (exact) mass is 261 g/mol. The van der Waals surface area contributed by atoms with Crippen LogP contribution in [0.25, 0.3) is 0 Å². The van der Waals surface area contributed by atoms with Gasteiger partial charge in [-0.25, -0.2) is 8.78 Å². The number of rotatable bonds is 4. The molecule has 1 unspecified atom stereocenters. The Kier molecular flexibility index (Phi) is 4.27. The molecule has 1 atom stereocenters. The van der Waals surface area contributed by atoms with E-state index in [1.807, 2.05) is 6.07 Å². The third-order valence-corrected chi connectivity index (χ3v) is 3.29. The van der Waals surface area contributed by atoms with Gasteiger partial charge < -0.3 is 5.73 Å². The van der Waals surface area contributed by atoms with Crippen LogP contribution >= 0.6 is 0 Å². The molecule has 0 aliphatic rings. The van der Waals surface area contributed by atoms with Crippen LogP contribution < -0.4 is 5.73 Å². The predicted molar refractivity (Wildman–Crippen MR) is 73.1 cm³/mol. The smallest absolute Gasteiger partial charge is 0.126 e. The van der Waals surface area contributed by atoms with Gasteiger partial charge in [-0.15, -0.1) is 0 Å². The summed E-state index contributed by atoms with van der Waals surface area (Å²) >= 11 is 0. The lowest BCUT2D eigenvalue weighted by Crippen LogP contribution is -2.09. The zero-order valence-electron chi connectivity index (χ0n) is 10.9. The van der Waals surface area contributed by atoms with E-state index >= 15 is 0 Å². The first kappa shape index (κ1) is 13.7. The van der Waals surface area contributed by atoms with Crippen LogP contribution in [0.2, 0.25) is 0 Å². The molecule has 2 aromatic rings. The molecular formula is C16H17F2N. The summed E-state index contributed by atoms with van der Waals surface area (Å²) in [6.45, 7) is 2.22. The Labute approximate surface area is 112 Å². The highest BCUT2D eigenvalue weighted by atomic mass is 19.1. The number of hydrogen-bond donors (Lipinski definition) is 1. The van der Waals surface area contributed by atoms with Gasteiger partial charge >= 0.3 is 0 Å². The summed E-state index contributed by atoms with van der Waals surface area (Å²) in [6, 6.07) is 11.5. The molecule has 0 amide bonds. The molecule has 2 N–H and O–H groups in total. The summed E-state index contributed by atoms with van der Waals surface area (Å²) in [7, 11) is 0. The fourth-order valence-electron chi connectivity index (χ4n) is 2.30. The molecule has 0 saturated heterocycles. The molecule has 1 nitrogen and oxygen atoms in total. The minimum atomic E-state index is -0.265. The van der Waals surface area contributed by atoms with Crippen molar-refractivity contribution in [2.75, 3.05) is 6.54 Å². The molecule has 0 aromatic heterocycles. The minimum Gasteiger partial charge on any atom is -0.330 e. The summed E-state index contributed by atoms with van der Waals surface area (Å²) < 4.78 is 26.7. The van der Waals surface area contributed by atoms with Crippen molar-refractivity contribution >= 4 is 0 Å². The molecule has 100 valence electrons. The molecule has 0 aliphatic heterocycles. The van der Waals surface area contributed by atoms with Crippen molar-refractivity contribution in [1.82, 2.24) is 0 Å². The normalized spacial score (nSPS) is 12.4. The van der Waals surface area contributed by atoms with Crippen molar-refractivity contribution in [2.24, 2.45) is 5.73 Å². The molecule has 0 bridgehead atoms. The second kappa shape index (κ2) is 5.93. The van der Waals surface area contributed by atoms with E-state index < -0.39 is 0 Å². The van der Waals surface area contributed by atoms with Crippen molar-refractivity contribution in [1.29, 1.82) is 0 Å². The van der Waals surface area contributed by atoms with Crippen molar-refractivity contribution in [3.63, 3.8) is 0 Å². The Morgan fingerprint density at radius 2 is 1.79 bits per heavy atom. The van der Waals surface area contributed by atoms with E-state index in [1.165, 1.54) is 18.2 Å². The molecule has 0 fully saturated rings. The minimum absolute atomic E-state index is 0.000000000000000444. The Morgan fingerprint density at radius 3 is 2.42 bits per heavy atom. The number of nitrogens with two attached hydrogens (primary N) is 1. The second-order valence-electron chi connectivity index (χ2n) is 4.69. The van der Waals surface area contributed by atoms with Gasteiger partial charge in [0.1, 0.15) is 11.6 Å². The van der Waals surface area contributed by atoms with Crippen molar-refractivity contribution < 1.29 is 8.78 Å². The highest BCUT2D eigenvalue weighted by Crippen LogP contribution is 2.29.